The fourth-order valence-electron chi connectivity index (χ4n) is 4.26. The summed E-state index contributed by atoms with van der Waals surface area (Å²) in [4.78, 5) is 26.1. The minimum atomic E-state index is -0.450. The van der Waals surface area contributed by atoms with Crippen LogP contribution in [0.15, 0.2) is 36.4 Å². The monoisotopic (exact) mass is 435 g/mol. The Morgan fingerprint density at radius 2 is 1.78 bits per heavy atom. The minimum Gasteiger partial charge on any atom is -0.493 e. The number of rotatable bonds is 4. The number of hydrogen-bond acceptors (Lipinski definition) is 8. The molecule has 1 fully saturated rings. The molecule has 9 heteroatoms. The number of nitrogen functional groups attached to an aromatic ring is 1. The number of benzene rings is 2. The van der Waals surface area contributed by atoms with Crippen LogP contribution in [0, 0.1) is 0 Å². The lowest BCUT2D eigenvalue weighted by Crippen LogP contribution is -2.52. The fourth-order valence-corrected chi connectivity index (χ4v) is 4.26. The van der Waals surface area contributed by atoms with Crippen molar-refractivity contribution in [3.05, 3.63) is 42.0 Å². The van der Waals surface area contributed by atoms with Crippen LogP contribution in [-0.2, 0) is 11.2 Å². The lowest BCUT2D eigenvalue weighted by molar-refractivity contribution is -0.138. The van der Waals surface area contributed by atoms with Gasteiger partial charge in [-0.25, -0.2) is 4.98 Å². The summed E-state index contributed by atoms with van der Waals surface area (Å²) in [7, 11) is 3.16. The van der Waals surface area contributed by atoms with Crippen LogP contribution in [0.4, 0.5) is 11.8 Å². The highest BCUT2D eigenvalue weighted by Gasteiger charge is 2.34. The Labute approximate surface area is 185 Å². The third-order valence-electron chi connectivity index (χ3n) is 6.02. The van der Waals surface area contributed by atoms with Crippen LogP contribution in [0.2, 0.25) is 0 Å². The van der Waals surface area contributed by atoms with E-state index < -0.39 is 6.10 Å². The van der Waals surface area contributed by atoms with Gasteiger partial charge in [0.1, 0.15) is 11.6 Å². The number of aromatic nitrogens is 2. The summed E-state index contributed by atoms with van der Waals surface area (Å²) >= 11 is 0. The van der Waals surface area contributed by atoms with Gasteiger partial charge in [0.25, 0.3) is 5.91 Å². The van der Waals surface area contributed by atoms with E-state index in [1.165, 1.54) is 0 Å². The van der Waals surface area contributed by atoms with Crippen LogP contribution >= 0.6 is 0 Å². The molecule has 2 aliphatic heterocycles. The van der Waals surface area contributed by atoms with Crippen molar-refractivity contribution in [1.29, 1.82) is 0 Å². The van der Waals surface area contributed by atoms with Crippen molar-refractivity contribution in [2.75, 3.05) is 51.0 Å². The van der Waals surface area contributed by atoms with Gasteiger partial charge in [-0.15, -0.1) is 0 Å². The van der Waals surface area contributed by atoms with Gasteiger partial charge in [-0.2, -0.15) is 4.98 Å². The average molecular weight is 435 g/mol. The van der Waals surface area contributed by atoms with E-state index in [2.05, 4.69) is 9.97 Å². The van der Waals surface area contributed by atoms with Crippen molar-refractivity contribution in [2.45, 2.75) is 12.5 Å². The second kappa shape index (κ2) is 8.07. The second-order valence-electron chi connectivity index (χ2n) is 7.86. The third kappa shape index (κ3) is 3.49. The topological polar surface area (TPSA) is 103 Å². The van der Waals surface area contributed by atoms with E-state index in [1.54, 1.807) is 26.4 Å². The van der Waals surface area contributed by atoms with Crippen LogP contribution in [-0.4, -0.2) is 67.3 Å². The molecular formula is C23H25N5O4. The van der Waals surface area contributed by atoms with Gasteiger partial charge in [-0.05, 0) is 17.7 Å². The van der Waals surface area contributed by atoms with Crippen molar-refractivity contribution in [2.24, 2.45) is 0 Å². The van der Waals surface area contributed by atoms with Gasteiger partial charge in [0, 0.05) is 44.1 Å². The zero-order valence-corrected chi connectivity index (χ0v) is 18.1. The standard InChI is InChI=1S/C23H25N5O4/c1-30-18-12-15-16(13-19(18)31-2)25-23(26-21(15)24)28-9-7-27(8-10-28)22(29)20-11-14-5-3-4-6-17(14)32-20/h3-6,12-13,20H,7-11H2,1-2H3,(H2,24,25,26). The SMILES string of the molecule is COc1cc2nc(N3CCN(C(=O)C4Cc5ccccc5O4)CC3)nc(N)c2cc1OC. The molecule has 1 atom stereocenters. The number of nitrogens with zero attached hydrogens (tertiary/aromatic N) is 4. The van der Waals surface area contributed by atoms with E-state index in [-0.39, 0.29) is 5.91 Å². The van der Waals surface area contributed by atoms with Gasteiger partial charge >= 0.3 is 0 Å². The normalized spacial score (nSPS) is 17.8. The Morgan fingerprint density at radius 3 is 2.50 bits per heavy atom. The molecule has 2 aromatic carbocycles. The van der Waals surface area contributed by atoms with Gasteiger partial charge in [0.05, 0.1) is 19.7 Å². The van der Waals surface area contributed by atoms with Crippen LogP contribution in [0.5, 0.6) is 17.2 Å². The van der Waals surface area contributed by atoms with Crippen molar-refractivity contribution >= 4 is 28.6 Å². The number of anilines is 2. The number of nitrogens with two attached hydrogens (primary N) is 1. The summed E-state index contributed by atoms with van der Waals surface area (Å²) < 4.78 is 16.6. The average Bonchev–Trinajstić information content (AvgIpc) is 3.27. The van der Waals surface area contributed by atoms with Gasteiger partial charge in [0.2, 0.25) is 5.95 Å². The molecule has 0 saturated carbocycles. The van der Waals surface area contributed by atoms with Gasteiger partial charge < -0.3 is 29.7 Å². The minimum absolute atomic E-state index is 0.0247. The van der Waals surface area contributed by atoms with Gasteiger partial charge in [-0.3, -0.25) is 4.79 Å². The maximum Gasteiger partial charge on any atom is 0.264 e. The van der Waals surface area contributed by atoms with Crippen LogP contribution in [0.3, 0.4) is 0 Å². The number of methoxy groups -OCH3 is 2. The molecule has 3 aromatic rings. The maximum absolute atomic E-state index is 13.0. The molecule has 1 aromatic heterocycles. The molecule has 1 unspecified atom stereocenters. The number of fused-ring (bicyclic) bond motifs is 2. The van der Waals surface area contributed by atoms with Crippen molar-refractivity contribution in [1.82, 2.24) is 14.9 Å². The fraction of sp³-hybridized carbons (Fsp3) is 0.348. The summed E-state index contributed by atoms with van der Waals surface area (Å²) in [6.07, 6.45) is 0.166. The molecule has 1 saturated heterocycles. The van der Waals surface area contributed by atoms with E-state index in [1.807, 2.05) is 34.1 Å². The molecule has 0 bridgehead atoms. The number of ether oxygens (including phenoxy) is 3. The number of carbonyl (C=O) groups excluding carboxylic acids is 1. The first-order chi connectivity index (χ1) is 15.6. The summed E-state index contributed by atoms with van der Waals surface area (Å²) in [6, 6.07) is 11.4. The van der Waals surface area contributed by atoms with E-state index in [0.717, 1.165) is 11.3 Å². The summed E-state index contributed by atoms with van der Waals surface area (Å²) in [5, 5.41) is 0.707. The molecular weight excluding hydrogens is 410 g/mol. The lowest BCUT2D eigenvalue weighted by Gasteiger charge is -2.35. The van der Waals surface area contributed by atoms with Crippen LogP contribution in [0.1, 0.15) is 5.56 Å². The Kier molecular flexibility index (Phi) is 5.08. The first kappa shape index (κ1) is 20.2. The molecule has 166 valence electrons. The molecule has 3 heterocycles. The quantitative estimate of drug-likeness (QED) is 0.663. The lowest BCUT2D eigenvalue weighted by atomic mass is 10.1. The number of hydrogen-bond donors (Lipinski definition) is 1. The van der Waals surface area contributed by atoms with Crippen molar-refractivity contribution in [3.8, 4) is 17.2 Å². The zero-order valence-electron chi connectivity index (χ0n) is 18.1. The molecule has 0 radical (unpaired) electrons. The van der Waals surface area contributed by atoms with Crippen LogP contribution in [0.25, 0.3) is 10.9 Å². The van der Waals surface area contributed by atoms with Crippen LogP contribution < -0.4 is 24.8 Å². The highest BCUT2D eigenvalue weighted by Crippen LogP contribution is 2.34. The molecule has 0 spiro atoms. The highest BCUT2D eigenvalue weighted by molar-refractivity contribution is 5.91. The molecule has 5 rings (SSSR count). The molecule has 2 N–H and O–H groups in total. The molecule has 2 aliphatic rings. The first-order valence-electron chi connectivity index (χ1n) is 10.5. The highest BCUT2D eigenvalue weighted by atomic mass is 16.5. The van der Waals surface area contributed by atoms with Gasteiger partial charge in [0.15, 0.2) is 17.6 Å². The zero-order chi connectivity index (χ0) is 22.2. The Bertz CT molecular complexity index is 1150. The first-order valence-corrected chi connectivity index (χ1v) is 10.5. The van der Waals surface area contributed by atoms with Crippen molar-refractivity contribution < 1.29 is 19.0 Å². The van der Waals surface area contributed by atoms with Crippen molar-refractivity contribution in [3.63, 3.8) is 0 Å². The predicted octanol–water partition coefficient (Wildman–Crippen LogP) is 1.88. The Hall–Kier alpha value is -3.75. The summed E-state index contributed by atoms with van der Waals surface area (Å²) in [5.74, 6) is 2.90. The maximum atomic E-state index is 13.0. The third-order valence-corrected chi connectivity index (χ3v) is 6.02. The van der Waals surface area contributed by atoms with E-state index >= 15 is 0 Å². The summed E-state index contributed by atoms with van der Waals surface area (Å²) in [5.41, 5.74) is 7.99. The van der Waals surface area contributed by atoms with E-state index in [0.29, 0.717) is 66.8 Å². The van der Waals surface area contributed by atoms with E-state index in [9.17, 15) is 4.79 Å². The number of para-hydroxylation sites is 1. The second-order valence-corrected chi connectivity index (χ2v) is 7.86. The van der Waals surface area contributed by atoms with E-state index in [4.69, 9.17) is 19.9 Å². The predicted molar refractivity (Wildman–Crippen MR) is 120 cm³/mol. The Balaban J connectivity index is 1.29. The summed E-state index contributed by atoms with van der Waals surface area (Å²) in [6.45, 7) is 2.37. The molecule has 1 amide bonds. The number of piperazine rings is 1. The molecule has 9 nitrogen and oxygen atoms in total. The Morgan fingerprint density at radius 1 is 1.06 bits per heavy atom. The molecule has 32 heavy (non-hydrogen) atoms. The number of amides is 1. The largest absolute Gasteiger partial charge is 0.493 e. The number of carbonyl (C=O) groups is 1. The van der Waals surface area contributed by atoms with Gasteiger partial charge in [-0.1, -0.05) is 18.2 Å². The smallest absolute Gasteiger partial charge is 0.264 e. The molecule has 0 aliphatic carbocycles.